The Labute approximate surface area is 92.8 Å². The highest BCUT2D eigenvalue weighted by atomic mass is 35.5. The van der Waals surface area contributed by atoms with E-state index in [-0.39, 0.29) is 18.1 Å². The summed E-state index contributed by atoms with van der Waals surface area (Å²) < 4.78 is 0. The Morgan fingerprint density at radius 2 is 2.21 bits per heavy atom. The smallest absolute Gasteiger partial charge is 0.275 e. The predicted octanol–water partition coefficient (Wildman–Crippen LogP) is 2.39. The normalized spacial score (nSPS) is 9.29. The van der Waals surface area contributed by atoms with Gasteiger partial charge in [-0.05, 0) is 13.1 Å². The molecule has 0 aliphatic heterocycles. The third-order valence-electron chi connectivity index (χ3n) is 1.64. The largest absolute Gasteiger partial charge is 0.315 e. The Balaban J connectivity index is 0.00000169. The first kappa shape index (κ1) is 13.2. The molecule has 78 valence electrons. The van der Waals surface area contributed by atoms with E-state index in [1.807, 2.05) is 0 Å². The molecule has 1 N–H and O–H groups in total. The zero-order valence-corrected chi connectivity index (χ0v) is 9.06. The Morgan fingerprint density at radius 1 is 1.57 bits per heavy atom. The van der Waals surface area contributed by atoms with Crippen LogP contribution in [0, 0.1) is 10.1 Å². The van der Waals surface area contributed by atoms with Crippen molar-refractivity contribution in [1.29, 1.82) is 0 Å². The molecule has 0 aliphatic rings. The van der Waals surface area contributed by atoms with Gasteiger partial charge in [0, 0.05) is 12.6 Å². The van der Waals surface area contributed by atoms with Crippen molar-refractivity contribution < 1.29 is 4.92 Å². The van der Waals surface area contributed by atoms with Crippen LogP contribution < -0.4 is 5.32 Å². The fraction of sp³-hybridized carbons (Fsp3) is 0.250. The van der Waals surface area contributed by atoms with Crippen LogP contribution in [0.5, 0.6) is 0 Å². The van der Waals surface area contributed by atoms with Crippen molar-refractivity contribution in [1.82, 2.24) is 5.32 Å². The third kappa shape index (κ3) is 2.83. The molecule has 0 saturated heterocycles. The number of halogens is 2. The average molecular weight is 237 g/mol. The number of hydrogen-bond donors (Lipinski definition) is 1. The fourth-order valence-corrected chi connectivity index (χ4v) is 1.31. The molecule has 0 saturated carbocycles. The standard InChI is InChI=1S/C8H9ClN2O2.ClH/c1-10-5-6-7(9)3-2-4-8(6)11(12)13;/h2-4,10H,5H2,1H3;1H. The molecule has 0 bridgehead atoms. The van der Waals surface area contributed by atoms with Crippen LogP contribution >= 0.6 is 24.0 Å². The van der Waals surface area contributed by atoms with E-state index in [9.17, 15) is 10.1 Å². The highest BCUT2D eigenvalue weighted by Crippen LogP contribution is 2.25. The van der Waals surface area contributed by atoms with Gasteiger partial charge in [-0.15, -0.1) is 12.4 Å². The lowest BCUT2D eigenvalue weighted by Gasteiger charge is -2.03. The lowest BCUT2D eigenvalue weighted by molar-refractivity contribution is -0.385. The Bertz CT molecular complexity index is 331. The van der Waals surface area contributed by atoms with E-state index in [1.54, 1.807) is 19.2 Å². The summed E-state index contributed by atoms with van der Waals surface area (Å²) in [5, 5.41) is 13.8. The van der Waals surface area contributed by atoms with Gasteiger partial charge in [0.15, 0.2) is 0 Å². The maximum Gasteiger partial charge on any atom is 0.275 e. The molecule has 0 aromatic heterocycles. The van der Waals surface area contributed by atoms with Gasteiger partial charge in [0.05, 0.1) is 15.5 Å². The van der Waals surface area contributed by atoms with Crippen LogP contribution in [0.1, 0.15) is 5.56 Å². The number of nitrogens with zero attached hydrogens (tertiary/aromatic N) is 1. The number of nitro groups is 1. The Hall–Kier alpha value is -0.840. The van der Waals surface area contributed by atoms with E-state index in [1.165, 1.54) is 6.07 Å². The van der Waals surface area contributed by atoms with E-state index < -0.39 is 4.92 Å². The summed E-state index contributed by atoms with van der Waals surface area (Å²) in [5.41, 5.74) is 0.582. The van der Waals surface area contributed by atoms with Crippen molar-refractivity contribution in [2.24, 2.45) is 0 Å². The minimum absolute atomic E-state index is 0. The molecule has 0 fully saturated rings. The molecule has 1 aromatic carbocycles. The van der Waals surface area contributed by atoms with Crippen LogP contribution in [0.2, 0.25) is 5.02 Å². The molecule has 0 amide bonds. The molecule has 4 nitrogen and oxygen atoms in total. The molecule has 0 spiro atoms. The van der Waals surface area contributed by atoms with Crippen LogP contribution in [0.25, 0.3) is 0 Å². The van der Waals surface area contributed by atoms with Gasteiger partial charge in [0.1, 0.15) is 0 Å². The number of nitrogens with one attached hydrogen (secondary N) is 1. The van der Waals surface area contributed by atoms with Crippen molar-refractivity contribution in [2.45, 2.75) is 6.54 Å². The first-order valence-electron chi connectivity index (χ1n) is 3.73. The van der Waals surface area contributed by atoms with Crippen molar-refractivity contribution >= 4 is 29.7 Å². The van der Waals surface area contributed by atoms with Gasteiger partial charge < -0.3 is 5.32 Å². The van der Waals surface area contributed by atoms with Gasteiger partial charge in [-0.25, -0.2) is 0 Å². The van der Waals surface area contributed by atoms with E-state index >= 15 is 0 Å². The zero-order chi connectivity index (χ0) is 9.84. The molecule has 14 heavy (non-hydrogen) atoms. The van der Waals surface area contributed by atoms with Gasteiger partial charge in [-0.2, -0.15) is 0 Å². The monoisotopic (exact) mass is 236 g/mol. The molecule has 1 aromatic rings. The lowest BCUT2D eigenvalue weighted by Crippen LogP contribution is -2.08. The molecule has 1 rings (SSSR count). The summed E-state index contributed by atoms with van der Waals surface area (Å²) in [6, 6.07) is 4.65. The summed E-state index contributed by atoms with van der Waals surface area (Å²) in [6.07, 6.45) is 0. The van der Waals surface area contributed by atoms with E-state index in [0.717, 1.165) is 0 Å². The van der Waals surface area contributed by atoms with Crippen molar-refractivity contribution in [2.75, 3.05) is 7.05 Å². The molecule has 0 heterocycles. The summed E-state index contributed by atoms with van der Waals surface area (Å²) >= 11 is 5.81. The molecule has 0 unspecified atom stereocenters. The second-order valence-corrected chi connectivity index (χ2v) is 2.93. The second-order valence-electron chi connectivity index (χ2n) is 2.52. The van der Waals surface area contributed by atoms with E-state index in [2.05, 4.69) is 5.32 Å². The minimum Gasteiger partial charge on any atom is -0.315 e. The maximum atomic E-state index is 10.6. The number of nitro benzene ring substituents is 1. The fourth-order valence-electron chi connectivity index (χ4n) is 1.07. The van der Waals surface area contributed by atoms with Crippen LogP contribution in [0.15, 0.2) is 18.2 Å². The van der Waals surface area contributed by atoms with Gasteiger partial charge in [-0.1, -0.05) is 17.7 Å². The van der Waals surface area contributed by atoms with Crippen molar-refractivity contribution in [3.8, 4) is 0 Å². The SMILES string of the molecule is CNCc1c(Cl)cccc1[N+](=O)[O-].Cl. The van der Waals surface area contributed by atoms with Crippen molar-refractivity contribution in [3.63, 3.8) is 0 Å². The summed E-state index contributed by atoms with van der Waals surface area (Å²) in [7, 11) is 1.72. The van der Waals surface area contributed by atoms with Gasteiger partial charge in [0.2, 0.25) is 0 Å². The summed E-state index contributed by atoms with van der Waals surface area (Å²) in [5.74, 6) is 0. The third-order valence-corrected chi connectivity index (χ3v) is 2.00. The minimum atomic E-state index is -0.432. The maximum absolute atomic E-state index is 10.6. The topological polar surface area (TPSA) is 55.2 Å². The average Bonchev–Trinajstić information content (AvgIpc) is 2.08. The Morgan fingerprint density at radius 3 is 2.71 bits per heavy atom. The highest BCUT2D eigenvalue weighted by molar-refractivity contribution is 6.31. The first-order valence-corrected chi connectivity index (χ1v) is 4.11. The summed E-state index contributed by atoms with van der Waals surface area (Å²) in [4.78, 5) is 10.1. The van der Waals surface area contributed by atoms with Gasteiger partial charge in [0.25, 0.3) is 5.69 Å². The first-order chi connectivity index (χ1) is 6.16. The van der Waals surface area contributed by atoms with Crippen LogP contribution in [-0.4, -0.2) is 12.0 Å². The van der Waals surface area contributed by atoms with Crippen LogP contribution in [-0.2, 0) is 6.54 Å². The number of rotatable bonds is 3. The molecule has 0 atom stereocenters. The highest BCUT2D eigenvalue weighted by Gasteiger charge is 2.14. The van der Waals surface area contributed by atoms with Crippen molar-refractivity contribution in [3.05, 3.63) is 38.9 Å². The molecule has 0 aliphatic carbocycles. The van der Waals surface area contributed by atoms with Crippen LogP contribution in [0.3, 0.4) is 0 Å². The zero-order valence-electron chi connectivity index (χ0n) is 7.49. The quantitative estimate of drug-likeness (QED) is 0.648. The van der Waals surface area contributed by atoms with Gasteiger partial charge in [-0.3, -0.25) is 10.1 Å². The van der Waals surface area contributed by atoms with Crippen LogP contribution in [0.4, 0.5) is 5.69 Å². The second kappa shape index (κ2) is 5.80. The lowest BCUT2D eigenvalue weighted by atomic mass is 10.2. The Kier molecular flexibility index (Phi) is 5.45. The molecule has 0 radical (unpaired) electrons. The van der Waals surface area contributed by atoms with E-state index in [4.69, 9.17) is 11.6 Å². The molecular formula is C8H10Cl2N2O2. The molecule has 6 heteroatoms. The summed E-state index contributed by atoms with van der Waals surface area (Å²) in [6.45, 7) is 0.399. The number of benzene rings is 1. The number of hydrogen-bond acceptors (Lipinski definition) is 3. The predicted molar refractivity (Wildman–Crippen MR) is 58.1 cm³/mol. The van der Waals surface area contributed by atoms with Gasteiger partial charge >= 0.3 is 0 Å². The molecular weight excluding hydrogens is 227 g/mol. The van der Waals surface area contributed by atoms with E-state index in [0.29, 0.717) is 17.1 Å².